The maximum Gasteiger partial charge on any atom is 0.0728 e. The third-order valence-corrected chi connectivity index (χ3v) is 3.67. The van der Waals surface area contributed by atoms with Gasteiger partial charge in [-0.3, -0.25) is 0 Å². The highest BCUT2D eigenvalue weighted by Gasteiger charge is 2.24. The third-order valence-electron chi connectivity index (χ3n) is 3.67. The van der Waals surface area contributed by atoms with Crippen molar-refractivity contribution in [2.45, 2.75) is 71.4 Å². The quantitative estimate of drug-likeness (QED) is 0.720. The molecule has 0 aromatic carbocycles. The van der Waals surface area contributed by atoms with Gasteiger partial charge in [0, 0.05) is 12.6 Å². The first kappa shape index (κ1) is 14.0. The fourth-order valence-corrected chi connectivity index (χ4v) is 2.38. The number of nitrogens with one attached hydrogen (secondary N) is 1. The summed E-state index contributed by atoms with van der Waals surface area (Å²) in [6.07, 6.45) is 8.06. The molecule has 0 amide bonds. The summed E-state index contributed by atoms with van der Waals surface area (Å²) in [5.74, 6) is 0.805. The molecule has 1 aliphatic heterocycles. The zero-order valence-corrected chi connectivity index (χ0v) is 11.3. The van der Waals surface area contributed by atoms with Gasteiger partial charge in [0.25, 0.3) is 0 Å². The molecule has 1 aliphatic rings. The zero-order valence-electron chi connectivity index (χ0n) is 11.3. The lowest BCUT2D eigenvalue weighted by Gasteiger charge is -2.32. The molecule has 0 aliphatic carbocycles. The van der Waals surface area contributed by atoms with E-state index in [-0.39, 0.29) is 0 Å². The summed E-state index contributed by atoms with van der Waals surface area (Å²) in [5, 5.41) is 3.68. The van der Waals surface area contributed by atoms with Gasteiger partial charge in [-0.25, -0.2) is 0 Å². The highest BCUT2D eigenvalue weighted by molar-refractivity contribution is 4.80. The van der Waals surface area contributed by atoms with Crippen LogP contribution in [0.4, 0.5) is 0 Å². The summed E-state index contributed by atoms with van der Waals surface area (Å²) in [6.45, 7) is 8.96. The van der Waals surface area contributed by atoms with E-state index >= 15 is 0 Å². The van der Waals surface area contributed by atoms with Gasteiger partial charge in [0.15, 0.2) is 0 Å². The Morgan fingerprint density at radius 1 is 1.31 bits per heavy atom. The van der Waals surface area contributed by atoms with Crippen molar-refractivity contribution in [1.82, 2.24) is 5.32 Å². The summed E-state index contributed by atoms with van der Waals surface area (Å²) >= 11 is 0. The van der Waals surface area contributed by atoms with Crippen molar-refractivity contribution in [2.75, 3.05) is 13.2 Å². The van der Waals surface area contributed by atoms with Crippen molar-refractivity contribution in [1.29, 1.82) is 0 Å². The lowest BCUT2D eigenvalue weighted by molar-refractivity contribution is -0.0122. The van der Waals surface area contributed by atoms with Crippen molar-refractivity contribution in [3.05, 3.63) is 0 Å². The Bertz CT molecular complexity index is 166. The van der Waals surface area contributed by atoms with Crippen LogP contribution in [0.1, 0.15) is 59.3 Å². The minimum atomic E-state index is 0.467. The molecule has 1 N–H and O–H groups in total. The third kappa shape index (κ3) is 4.84. The van der Waals surface area contributed by atoms with Crippen molar-refractivity contribution in [2.24, 2.45) is 5.92 Å². The van der Waals surface area contributed by atoms with Crippen LogP contribution in [0, 0.1) is 5.92 Å². The van der Waals surface area contributed by atoms with E-state index in [2.05, 4.69) is 26.1 Å². The van der Waals surface area contributed by atoms with Gasteiger partial charge in [-0.05, 0) is 44.6 Å². The first-order valence-electron chi connectivity index (χ1n) is 7.12. The minimum absolute atomic E-state index is 0.467. The largest absolute Gasteiger partial charge is 0.377 e. The van der Waals surface area contributed by atoms with Gasteiger partial charge in [0.2, 0.25) is 0 Å². The minimum Gasteiger partial charge on any atom is -0.377 e. The Hall–Kier alpha value is -0.0800. The van der Waals surface area contributed by atoms with E-state index in [1.54, 1.807) is 0 Å². The van der Waals surface area contributed by atoms with Gasteiger partial charge in [-0.2, -0.15) is 0 Å². The Morgan fingerprint density at radius 3 is 2.69 bits per heavy atom. The molecule has 0 spiro atoms. The molecule has 96 valence electrons. The van der Waals surface area contributed by atoms with Gasteiger partial charge in [-0.15, -0.1) is 0 Å². The molecule has 1 fully saturated rings. The smallest absolute Gasteiger partial charge is 0.0728 e. The monoisotopic (exact) mass is 227 g/mol. The average Bonchev–Trinajstić information content (AvgIpc) is 2.35. The topological polar surface area (TPSA) is 21.3 Å². The van der Waals surface area contributed by atoms with Crippen LogP contribution < -0.4 is 5.32 Å². The predicted molar refractivity (Wildman–Crippen MR) is 69.7 cm³/mol. The van der Waals surface area contributed by atoms with E-state index in [0.717, 1.165) is 19.1 Å². The van der Waals surface area contributed by atoms with Gasteiger partial charge in [-0.1, -0.05) is 27.2 Å². The molecule has 1 rings (SSSR count). The molecule has 0 saturated carbocycles. The zero-order chi connectivity index (χ0) is 11.8. The molecule has 3 unspecified atom stereocenters. The van der Waals surface area contributed by atoms with Crippen molar-refractivity contribution in [3.8, 4) is 0 Å². The Morgan fingerprint density at radius 2 is 2.12 bits per heavy atom. The van der Waals surface area contributed by atoms with Crippen LogP contribution in [0.3, 0.4) is 0 Å². The Labute approximate surface area is 101 Å². The van der Waals surface area contributed by atoms with Crippen molar-refractivity contribution < 1.29 is 4.74 Å². The van der Waals surface area contributed by atoms with E-state index in [4.69, 9.17) is 4.74 Å². The predicted octanol–water partition coefficient (Wildman–Crippen LogP) is 3.36. The number of hydrogen-bond donors (Lipinski definition) is 1. The molecular formula is C14H29NO. The summed E-state index contributed by atoms with van der Waals surface area (Å²) in [4.78, 5) is 0. The molecule has 16 heavy (non-hydrogen) atoms. The standard InChI is InChI=1S/C14H29NO/c1-4-9-15-13(11-12(3)5-2)14-8-6-7-10-16-14/h12-15H,4-11H2,1-3H3. The molecule has 1 heterocycles. The lowest BCUT2D eigenvalue weighted by Crippen LogP contribution is -2.44. The highest BCUT2D eigenvalue weighted by Crippen LogP contribution is 2.21. The summed E-state index contributed by atoms with van der Waals surface area (Å²) in [5.41, 5.74) is 0. The molecule has 3 atom stereocenters. The molecule has 0 aromatic heterocycles. The summed E-state index contributed by atoms with van der Waals surface area (Å²) < 4.78 is 5.92. The molecule has 0 radical (unpaired) electrons. The molecule has 2 heteroatoms. The van der Waals surface area contributed by atoms with E-state index in [0.29, 0.717) is 12.1 Å². The average molecular weight is 227 g/mol. The number of ether oxygens (including phenoxy) is 1. The van der Waals surface area contributed by atoms with Gasteiger partial charge < -0.3 is 10.1 Å². The van der Waals surface area contributed by atoms with E-state index in [9.17, 15) is 0 Å². The van der Waals surface area contributed by atoms with E-state index in [1.165, 1.54) is 38.5 Å². The second-order valence-electron chi connectivity index (χ2n) is 5.21. The van der Waals surface area contributed by atoms with E-state index < -0.39 is 0 Å². The van der Waals surface area contributed by atoms with Crippen LogP contribution in [-0.2, 0) is 4.74 Å². The fourth-order valence-electron chi connectivity index (χ4n) is 2.38. The van der Waals surface area contributed by atoms with Gasteiger partial charge in [0.05, 0.1) is 6.10 Å². The van der Waals surface area contributed by atoms with Gasteiger partial charge >= 0.3 is 0 Å². The second kappa shape index (κ2) is 8.08. The summed E-state index contributed by atoms with van der Waals surface area (Å²) in [7, 11) is 0. The molecular weight excluding hydrogens is 198 g/mol. The summed E-state index contributed by atoms with van der Waals surface area (Å²) in [6, 6.07) is 0.579. The highest BCUT2D eigenvalue weighted by atomic mass is 16.5. The molecule has 0 bridgehead atoms. The van der Waals surface area contributed by atoms with Crippen molar-refractivity contribution in [3.63, 3.8) is 0 Å². The van der Waals surface area contributed by atoms with Crippen LogP contribution in [0.5, 0.6) is 0 Å². The number of rotatable bonds is 7. The fraction of sp³-hybridized carbons (Fsp3) is 1.00. The van der Waals surface area contributed by atoms with Crippen LogP contribution in [-0.4, -0.2) is 25.3 Å². The Kier molecular flexibility index (Phi) is 7.06. The van der Waals surface area contributed by atoms with Gasteiger partial charge in [0.1, 0.15) is 0 Å². The molecule has 1 saturated heterocycles. The first-order chi connectivity index (χ1) is 7.77. The van der Waals surface area contributed by atoms with Crippen LogP contribution in [0.25, 0.3) is 0 Å². The van der Waals surface area contributed by atoms with Crippen LogP contribution >= 0.6 is 0 Å². The maximum atomic E-state index is 5.92. The maximum absolute atomic E-state index is 5.92. The van der Waals surface area contributed by atoms with Crippen LogP contribution in [0.15, 0.2) is 0 Å². The lowest BCUT2D eigenvalue weighted by atomic mass is 9.92. The number of hydrogen-bond acceptors (Lipinski definition) is 2. The normalized spacial score (nSPS) is 25.3. The SMILES string of the molecule is CCCNC(CC(C)CC)C1CCCCO1. The second-order valence-corrected chi connectivity index (χ2v) is 5.21. The molecule has 0 aromatic rings. The van der Waals surface area contributed by atoms with Crippen LogP contribution in [0.2, 0.25) is 0 Å². The molecule has 2 nitrogen and oxygen atoms in total. The Balaban J connectivity index is 2.40. The van der Waals surface area contributed by atoms with Crippen molar-refractivity contribution >= 4 is 0 Å². The first-order valence-corrected chi connectivity index (χ1v) is 7.12. The van der Waals surface area contributed by atoms with E-state index in [1.807, 2.05) is 0 Å².